The lowest BCUT2D eigenvalue weighted by Crippen LogP contribution is -2.75. The molecule has 1 aromatic carbocycles. The molecule has 0 bridgehead atoms. The van der Waals surface area contributed by atoms with Gasteiger partial charge in [0.05, 0.1) is 0 Å². The molecule has 3 atom stereocenters. The molecule has 2 unspecified atom stereocenters. The minimum absolute atomic E-state index is 0.230. The van der Waals surface area contributed by atoms with Gasteiger partial charge in [-0.15, -0.1) is 11.8 Å². The number of alkyl halides is 3. The lowest BCUT2D eigenvalue weighted by molar-refractivity contribution is -0.163. The first kappa shape index (κ1) is 22.1. The van der Waals surface area contributed by atoms with Crippen LogP contribution in [-0.4, -0.2) is 62.9 Å². The van der Waals surface area contributed by atoms with Crippen molar-refractivity contribution < 1.29 is 23.9 Å². The van der Waals surface area contributed by atoms with Crippen molar-refractivity contribution in [2.24, 2.45) is 0 Å². The van der Waals surface area contributed by atoms with E-state index in [0.717, 1.165) is 0 Å². The first-order valence-electron chi connectivity index (χ1n) is 8.49. The van der Waals surface area contributed by atoms with Gasteiger partial charge in [-0.25, -0.2) is 4.79 Å². The molecule has 3 rings (SSSR count). The Morgan fingerprint density at radius 2 is 1.97 bits per heavy atom. The van der Waals surface area contributed by atoms with E-state index >= 15 is 0 Å². The lowest BCUT2D eigenvalue weighted by Gasteiger charge is -2.52. The predicted molar refractivity (Wildman–Crippen MR) is 111 cm³/mol. The van der Waals surface area contributed by atoms with E-state index in [9.17, 15) is 14.4 Å². The molecule has 2 saturated heterocycles. The highest BCUT2D eigenvalue weighted by Crippen LogP contribution is 2.40. The van der Waals surface area contributed by atoms with Crippen molar-refractivity contribution in [1.82, 2.24) is 10.2 Å². The van der Waals surface area contributed by atoms with Gasteiger partial charge in [-0.2, -0.15) is 0 Å². The fourth-order valence-corrected chi connectivity index (χ4v) is 4.40. The molecular weight excluding hydrogens is 463 g/mol. The molecule has 0 radical (unpaired) electrons. The summed E-state index contributed by atoms with van der Waals surface area (Å²) >= 11 is 18.2. The second-order valence-corrected chi connectivity index (χ2v) is 10.00. The summed E-state index contributed by atoms with van der Waals surface area (Å²) in [6.07, 6.45) is 0. The zero-order valence-electron chi connectivity index (χ0n) is 15.0. The summed E-state index contributed by atoms with van der Waals surface area (Å²) in [5.74, 6) is -0.601. The largest absolute Gasteiger partial charge is 0.484 e. The number of ether oxygens (including phenoxy) is 2. The van der Waals surface area contributed by atoms with Crippen LogP contribution >= 0.6 is 46.6 Å². The number of carbonyl (C=O) groups excluding carboxylic acids is 3. The molecule has 0 aliphatic carbocycles. The van der Waals surface area contributed by atoms with Gasteiger partial charge >= 0.3 is 5.97 Å². The number of fused-ring (bicyclic) bond motifs is 1. The maximum absolute atomic E-state index is 12.6. The number of para-hydroxylation sites is 1. The molecule has 2 aliphatic heterocycles. The van der Waals surface area contributed by atoms with Gasteiger partial charge in [0.15, 0.2) is 12.6 Å². The van der Waals surface area contributed by atoms with E-state index in [1.807, 2.05) is 6.07 Å². The number of halogens is 3. The molecule has 156 valence electrons. The molecular formula is C18H17Cl3N2O5S. The first-order valence-corrected chi connectivity index (χ1v) is 10.7. The third-order valence-electron chi connectivity index (χ3n) is 4.22. The van der Waals surface area contributed by atoms with Gasteiger partial charge in [0, 0.05) is 5.75 Å². The summed E-state index contributed by atoms with van der Waals surface area (Å²) in [5.41, 5.74) is 0.506. The van der Waals surface area contributed by atoms with Gasteiger partial charge < -0.3 is 19.7 Å². The number of amides is 2. The van der Waals surface area contributed by atoms with Crippen molar-refractivity contribution in [3.05, 3.63) is 42.5 Å². The number of rotatable bonds is 6. The molecule has 2 heterocycles. The summed E-state index contributed by atoms with van der Waals surface area (Å²) in [6, 6.07) is 7.11. The van der Waals surface area contributed by atoms with Gasteiger partial charge in [0.1, 0.15) is 23.8 Å². The topological polar surface area (TPSA) is 84.9 Å². The summed E-state index contributed by atoms with van der Waals surface area (Å²) in [7, 11) is 0. The Bertz CT molecular complexity index is 817. The molecule has 1 N–H and O–H groups in total. The minimum atomic E-state index is -1.76. The van der Waals surface area contributed by atoms with Crippen LogP contribution in [0, 0.1) is 0 Å². The molecule has 0 aromatic heterocycles. The quantitative estimate of drug-likeness (QED) is 0.292. The number of benzene rings is 1. The van der Waals surface area contributed by atoms with Crippen molar-refractivity contribution >= 4 is 64.3 Å². The van der Waals surface area contributed by atoms with Gasteiger partial charge in [-0.3, -0.25) is 9.59 Å². The first-order chi connectivity index (χ1) is 13.7. The maximum Gasteiger partial charge on any atom is 0.333 e. The summed E-state index contributed by atoms with van der Waals surface area (Å²) in [6.45, 7) is 3.16. The number of β-lactam (4-membered cyclic amide) rings is 1. The summed E-state index contributed by atoms with van der Waals surface area (Å²) in [4.78, 5) is 38.5. The Morgan fingerprint density at radius 1 is 1.28 bits per heavy atom. The lowest BCUT2D eigenvalue weighted by atomic mass is 9.98. The van der Waals surface area contributed by atoms with E-state index in [4.69, 9.17) is 44.3 Å². The fourth-order valence-electron chi connectivity index (χ4n) is 2.93. The van der Waals surface area contributed by atoms with Gasteiger partial charge in [-0.05, 0) is 17.7 Å². The number of hydrogen-bond donors (Lipinski definition) is 1. The van der Waals surface area contributed by atoms with Crippen molar-refractivity contribution in [3.8, 4) is 5.75 Å². The second kappa shape index (κ2) is 9.04. The van der Waals surface area contributed by atoms with E-state index < -0.39 is 45.6 Å². The average Bonchev–Trinajstić information content (AvgIpc) is 2.68. The monoisotopic (exact) mass is 478 g/mol. The maximum atomic E-state index is 12.6. The molecule has 29 heavy (non-hydrogen) atoms. The molecule has 0 spiro atoms. The van der Waals surface area contributed by atoms with Crippen LogP contribution in [0.4, 0.5) is 0 Å². The van der Waals surface area contributed by atoms with Crippen LogP contribution in [0.2, 0.25) is 0 Å². The van der Waals surface area contributed by atoms with Crippen molar-refractivity contribution in [1.29, 1.82) is 0 Å². The number of nitrogens with one attached hydrogen (secondary N) is 1. The average molecular weight is 480 g/mol. The van der Waals surface area contributed by atoms with Gasteiger partial charge in [0.25, 0.3) is 5.91 Å². The van der Waals surface area contributed by atoms with Crippen LogP contribution in [0.3, 0.4) is 0 Å². The van der Waals surface area contributed by atoms with Gasteiger partial charge in [-0.1, -0.05) is 59.6 Å². The predicted octanol–water partition coefficient (Wildman–Crippen LogP) is 2.30. The van der Waals surface area contributed by atoms with E-state index in [0.29, 0.717) is 17.1 Å². The Morgan fingerprint density at radius 3 is 2.62 bits per heavy atom. The summed E-state index contributed by atoms with van der Waals surface area (Å²) < 4.78 is 8.64. The molecule has 7 nitrogen and oxygen atoms in total. The normalized spacial score (nSPS) is 23.7. The van der Waals surface area contributed by atoms with Crippen molar-refractivity contribution in [2.45, 2.75) is 21.3 Å². The number of esters is 1. The third kappa shape index (κ3) is 5.31. The van der Waals surface area contributed by atoms with Crippen LogP contribution in [0.5, 0.6) is 5.75 Å². The third-order valence-corrected chi connectivity index (χ3v) is 5.92. The van der Waals surface area contributed by atoms with Crippen LogP contribution < -0.4 is 10.1 Å². The zero-order valence-corrected chi connectivity index (χ0v) is 18.1. The van der Waals surface area contributed by atoms with E-state index in [2.05, 4.69) is 11.9 Å². The van der Waals surface area contributed by atoms with Crippen molar-refractivity contribution in [3.63, 3.8) is 0 Å². The van der Waals surface area contributed by atoms with Gasteiger partial charge in [0.2, 0.25) is 9.70 Å². The molecule has 2 aliphatic rings. The van der Waals surface area contributed by atoms with Crippen LogP contribution in [0.25, 0.3) is 0 Å². The highest BCUT2D eigenvalue weighted by Gasteiger charge is 2.56. The SMILES string of the molecule is C=C1CS[C@@H]2C(NC(=O)COc3ccccc3)C(=O)N2C1C(=O)OCC(Cl)(Cl)Cl. The van der Waals surface area contributed by atoms with Crippen molar-refractivity contribution in [2.75, 3.05) is 19.0 Å². The number of hydrogen-bond acceptors (Lipinski definition) is 6. The summed E-state index contributed by atoms with van der Waals surface area (Å²) in [5, 5.41) is 2.23. The standard InChI is InChI=1S/C18H17Cl3N2O5S/c1-10-8-29-16-13(22-12(24)7-27-11-5-3-2-4-6-11)15(25)23(16)14(10)17(26)28-9-18(19,20)21/h2-6,13-14,16H,1,7-9H2,(H,22,24)/t13?,14?,16-/m1/s1. The van der Waals surface area contributed by atoms with Crippen LogP contribution in [0.15, 0.2) is 42.5 Å². The molecule has 11 heteroatoms. The van der Waals surface area contributed by atoms with E-state index in [-0.39, 0.29) is 6.61 Å². The molecule has 2 fully saturated rings. The highest BCUT2D eigenvalue weighted by molar-refractivity contribution is 8.00. The Kier molecular flexibility index (Phi) is 6.88. The van der Waals surface area contributed by atoms with E-state index in [1.54, 1.807) is 24.3 Å². The smallest absolute Gasteiger partial charge is 0.333 e. The number of thioether (sulfide) groups is 1. The van der Waals surface area contributed by atoms with E-state index in [1.165, 1.54) is 16.7 Å². The Labute approximate surface area is 186 Å². The van der Waals surface area contributed by atoms with Crippen LogP contribution in [0.1, 0.15) is 0 Å². The fraction of sp³-hybridized carbons (Fsp3) is 0.389. The molecule has 0 saturated carbocycles. The Hall–Kier alpha value is -1.61. The molecule has 2 amide bonds. The van der Waals surface area contributed by atoms with Crippen LogP contribution in [-0.2, 0) is 19.1 Å². The number of carbonyl (C=O) groups is 3. The minimum Gasteiger partial charge on any atom is -0.484 e. The highest BCUT2D eigenvalue weighted by atomic mass is 35.6. The molecule has 1 aromatic rings. The zero-order chi connectivity index (χ0) is 21.2. The number of nitrogens with zero attached hydrogens (tertiary/aromatic N) is 1. The second-order valence-electron chi connectivity index (χ2n) is 6.38. The Balaban J connectivity index is 1.57.